The first-order chi connectivity index (χ1) is 9.04. The number of hydrogen-bond acceptors (Lipinski definition) is 4. The molecule has 1 saturated heterocycles. The number of benzene rings is 1. The molecule has 104 valence electrons. The summed E-state index contributed by atoms with van der Waals surface area (Å²) in [5.74, 6) is 0. The first kappa shape index (κ1) is 14.7. The van der Waals surface area contributed by atoms with Gasteiger partial charge in [0.1, 0.15) is 4.99 Å². The predicted octanol–water partition coefficient (Wildman–Crippen LogP) is 1.67. The van der Waals surface area contributed by atoms with Gasteiger partial charge < -0.3 is 20.5 Å². The number of aliphatic hydroxyl groups is 1. The predicted molar refractivity (Wildman–Crippen MR) is 83.7 cm³/mol. The fourth-order valence-corrected chi connectivity index (χ4v) is 3.17. The van der Waals surface area contributed by atoms with Crippen LogP contribution in [0.5, 0.6) is 0 Å². The van der Waals surface area contributed by atoms with Crippen molar-refractivity contribution in [1.29, 1.82) is 0 Å². The first-order valence-electron chi connectivity index (χ1n) is 6.12. The second-order valence-electron chi connectivity index (χ2n) is 4.64. The smallest absolute Gasteiger partial charge is 0.107 e. The molecule has 0 spiro atoms. The highest BCUT2D eigenvalue weighted by Gasteiger charge is 2.28. The summed E-state index contributed by atoms with van der Waals surface area (Å²) < 4.78 is 6.44. The van der Waals surface area contributed by atoms with Crippen LogP contribution in [0.25, 0.3) is 0 Å². The number of anilines is 1. The molecular formula is C13H17BrN2O2S. The summed E-state index contributed by atoms with van der Waals surface area (Å²) in [6.45, 7) is 3.30. The molecule has 2 rings (SSSR count). The average molecular weight is 345 g/mol. The third-order valence-corrected chi connectivity index (χ3v) is 4.12. The molecule has 6 heteroatoms. The minimum absolute atomic E-state index is 0.0135. The lowest BCUT2D eigenvalue weighted by Crippen LogP contribution is -2.50. The van der Waals surface area contributed by atoms with Crippen LogP contribution >= 0.6 is 28.1 Å². The number of nitrogens with zero attached hydrogens (tertiary/aromatic N) is 1. The van der Waals surface area contributed by atoms with Crippen molar-refractivity contribution in [1.82, 2.24) is 0 Å². The molecule has 0 aliphatic carbocycles. The van der Waals surface area contributed by atoms with E-state index < -0.39 is 0 Å². The van der Waals surface area contributed by atoms with Crippen LogP contribution < -0.4 is 10.6 Å². The maximum Gasteiger partial charge on any atom is 0.107 e. The molecule has 0 radical (unpaired) electrons. The van der Waals surface area contributed by atoms with Crippen LogP contribution in [0.15, 0.2) is 22.7 Å². The summed E-state index contributed by atoms with van der Waals surface area (Å²) in [6.07, 6.45) is -0.172. The Bertz CT molecular complexity index is 484. The molecule has 1 aromatic rings. The van der Waals surface area contributed by atoms with Crippen molar-refractivity contribution in [2.75, 3.05) is 24.7 Å². The van der Waals surface area contributed by atoms with Crippen molar-refractivity contribution in [3.63, 3.8) is 0 Å². The van der Waals surface area contributed by atoms with Gasteiger partial charge in [-0.2, -0.15) is 0 Å². The van der Waals surface area contributed by atoms with Crippen LogP contribution in [-0.4, -0.2) is 42.0 Å². The van der Waals surface area contributed by atoms with Crippen LogP contribution in [0.4, 0.5) is 5.69 Å². The number of morpholine rings is 1. The summed E-state index contributed by atoms with van der Waals surface area (Å²) in [5.41, 5.74) is 7.65. The average Bonchev–Trinajstić information content (AvgIpc) is 2.38. The van der Waals surface area contributed by atoms with E-state index in [4.69, 9.17) is 22.7 Å². The topological polar surface area (TPSA) is 58.7 Å². The van der Waals surface area contributed by atoms with Gasteiger partial charge in [0, 0.05) is 28.3 Å². The van der Waals surface area contributed by atoms with Gasteiger partial charge in [-0.3, -0.25) is 0 Å². The zero-order valence-electron chi connectivity index (χ0n) is 10.7. The highest BCUT2D eigenvalue weighted by molar-refractivity contribution is 9.10. The Labute approximate surface area is 126 Å². The fraction of sp³-hybridized carbons (Fsp3) is 0.462. The minimum Gasteiger partial charge on any atom is -0.394 e. The van der Waals surface area contributed by atoms with Gasteiger partial charge in [0.05, 0.1) is 19.3 Å². The Hall–Kier alpha value is -0.690. The quantitative estimate of drug-likeness (QED) is 0.817. The second-order valence-corrected chi connectivity index (χ2v) is 5.93. The largest absolute Gasteiger partial charge is 0.394 e. The van der Waals surface area contributed by atoms with Crippen molar-refractivity contribution in [3.8, 4) is 0 Å². The monoisotopic (exact) mass is 344 g/mol. The van der Waals surface area contributed by atoms with E-state index >= 15 is 0 Å². The van der Waals surface area contributed by atoms with Crippen LogP contribution in [0.1, 0.15) is 12.5 Å². The second kappa shape index (κ2) is 6.17. The molecule has 1 aliphatic heterocycles. The maximum atomic E-state index is 9.26. The molecule has 2 unspecified atom stereocenters. The molecule has 1 heterocycles. The summed E-state index contributed by atoms with van der Waals surface area (Å²) in [5, 5.41) is 9.26. The summed E-state index contributed by atoms with van der Waals surface area (Å²) >= 11 is 8.63. The van der Waals surface area contributed by atoms with Gasteiger partial charge in [-0.15, -0.1) is 0 Å². The van der Waals surface area contributed by atoms with Crippen LogP contribution in [0, 0.1) is 0 Å². The lowest BCUT2D eigenvalue weighted by molar-refractivity contribution is -0.0103. The van der Waals surface area contributed by atoms with E-state index in [2.05, 4.69) is 27.8 Å². The molecule has 2 atom stereocenters. The molecule has 1 fully saturated rings. The lowest BCUT2D eigenvalue weighted by Gasteiger charge is -2.40. The van der Waals surface area contributed by atoms with Gasteiger partial charge in [0.25, 0.3) is 0 Å². The SMILES string of the molecule is CC1COC(CO)CN1c1cccc(Br)c1C(N)=S. The van der Waals surface area contributed by atoms with E-state index in [1.807, 2.05) is 18.2 Å². The number of aliphatic hydroxyl groups excluding tert-OH is 1. The number of thiocarbonyl (C=S) groups is 1. The first-order valence-corrected chi connectivity index (χ1v) is 7.32. The van der Waals surface area contributed by atoms with E-state index in [1.165, 1.54) is 0 Å². The van der Waals surface area contributed by atoms with Gasteiger partial charge in [-0.25, -0.2) is 0 Å². The van der Waals surface area contributed by atoms with Crippen molar-refractivity contribution in [2.45, 2.75) is 19.1 Å². The molecule has 3 N–H and O–H groups in total. The number of rotatable bonds is 3. The van der Waals surface area contributed by atoms with Gasteiger partial charge in [0.2, 0.25) is 0 Å². The Morgan fingerprint density at radius 1 is 1.63 bits per heavy atom. The van der Waals surface area contributed by atoms with E-state index in [-0.39, 0.29) is 18.8 Å². The minimum atomic E-state index is -0.172. The Morgan fingerprint density at radius 2 is 2.37 bits per heavy atom. The van der Waals surface area contributed by atoms with E-state index in [0.29, 0.717) is 18.1 Å². The summed E-state index contributed by atoms with van der Waals surface area (Å²) in [6, 6.07) is 6.09. The summed E-state index contributed by atoms with van der Waals surface area (Å²) in [4.78, 5) is 2.55. The molecule has 0 bridgehead atoms. The molecule has 1 aliphatic rings. The standard InChI is InChI=1S/C13H17BrN2O2S/c1-8-7-18-9(6-17)5-16(8)11-4-2-3-10(14)12(11)13(15)19/h2-4,8-9,17H,5-7H2,1H3,(H2,15,19). The van der Waals surface area contributed by atoms with Crippen LogP contribution in [0.2, 0.25) is 0 Å². The van der Waals surface area contributed by atoms with Crippen LogP contribution in [0.3, 0.4) is 0 Å². The van der Waals surface area contributed by atoms with Gasteiger partial charge in [-0.05, 0) is 35.0 Å². The number of hydrogen-bond donors (Lipinski definition) is 2. The number of ether oxygens (including phenoxy) is 1. The maximum absolute atomic E-state index is 9.26. The highest BCUT2D eigenvalue weighted by Crippen LogP contribution is 2.30. The highest BCUT2D eigenvalue weighted by atomic mass is 79.9. The van der Waals surface area contributed by atoms with Crippen LogP contribution in [-0.2, 0) is 4.74 Å². The fourth-order valence-electron chi connectivity index (χ4n) is 2.26. The van der Waals surface area contributed by atoms with E-state index in [0.717, 1.165) is 15.7 Å². The van der Waals surface area contributed by atoms with E-state index in [9.17, 15) is 5.11 Å². The zero-order chi connectivity index (χ0) is 14.0. The zero-order valence-corrected chi connectivity index (χ0v) is 13.1. The molecule has 0 amide bonds. The molecule has 0 saturated carbocycles. The molecule has 0 aromatic heterocycles. The summed E-state index contributed by atoms with van der Waals surface area (Å²) in [7, 11) is 0. The van der Waals surface area contributed by atoms with E-state index in [1.54, 1.807) is 0 Å². The third-order valence-electron chi connectivity index (χ3n) is 3.26. The Morgan fingerprint density at radius 3 is 3.00 bits per heavy atom. The van der Waals surface area contributed by atoms with Gasteiger partial charge >= 0.3 is 0 Å². The van der Waals surface area contributed by atoms with Crippen molar-refractivity contribution < 1.29 is 9.84 Å². The lowest BCUT2D eigenvalue weighted by atomic mass is 10.1. The molecule has 19 heavy (non-hydrogen) atoms. The third kappa shape index (κ3) is 3.08. The van der Waals surface area contributed by atoms with Gasteiger partial charge in [0.15, 0.2) is 0 Å². The molecule has 4 nitrogen and oxygen atoms in total. The van der Waals surface area contributed by atoms with Crippen molar-refractivity contribution in [2.24, 2.45) is 5.73 Å². The van der Waals surface area contributed by atoms with Crippen molar-refractivity contribution in [3.05, 3.63) is 28.2 Å². The Kier molecular flexibility index (Phi) is 4.78. The number of nitrogens with two attached hydrogens (primary N) is 1. The Balaban J connectivity index is 2.39. The van der Waals surface area contributed by atoms with Crippen molar-refractivity contribution >= 4 is 38.8 Å². The number of halogens is 1. The molecular weight excluding hydrogens is 328 g/mol. The normalized spacial score (nSPS) is 23.4. The van der Waals surface area contributed by atoms with Gasteiger partial charge in [-0.1, -0.05) is 18.3 Å². The molecule has 1 aromatic carbocycles.